The minimum Gasteiger partial charge on any atom is -0.345 e. The highest BCUT2D eigenvalue weighted by atomic mass is 14.8. The van der Waals surface area contributed by atoms with Crippen molar-refractivity contribution in [2.75, 3.05) is 0 Å². The Kier molecular flexibility index (Phi) is 2.07. The van der Waals surface area contributed by atoms with Gasteiger partial charge in [-0.05, 0) is 12.5 Å². The maximum Gasteiger partial charge on any atom is 0.0924 e. The molecule has 2 nitrogen and oxygen atoms in total. The van der Waals surface area contributed by atoms with E-state index in [1.165, 1.54) is 0 Å². The Labute approximate surface area is 54.6 Å². The van der Waals surface area contributed by atoms with Crippen LogP contribution < -0.4 is 0 Å². The normalized spacial score (nSPS) is 10.8. The molecule has 0 atom stereocenters. The molecule has 0 aliphatic heterocycles. The van der Waals surface area contributed by atoms with E-state index >= 15 is 0 Å². The van der Waals surface area contributed by atoms with Gasteiger partial charge < -0.3 is 4.98 Å². The van der Waals surface area contributed by atoms with E-state index in [4.69, 9.17) is 0 Å². The minimum absolute atomic E-state index is 1.07. The molecule has 0 bridgehead atoms. The molecule has 0 fully saturated rings. The SMILES string of the molecule is CC/C=C/c1cnc[nH]1. The van der Waals surface area contributed by atoms with Gasteiger partial charge >= 0.3 is 0 Å². The van der Waals surface area contributed by atoms with Gasteiger partial charge in [0.2, 0.25) is 0 Å². The molecular weight excluding hydrogens is 112 g/mol. The van der Waals surface area contributed by atoms with Crippen molar-refractivity contribution in [2.24, 2.45) is 0 Å². The smallest absolute Gasteiger partial charge is 0.0924 e. The highest BCUT2D eigenvalue weighted by molar-refractivity contribution is 5.42. The lowest BCUT2D eigenvalue weighted by Crippen LogP contribution is -1.65. The molecule has 1 heterocycles. The first-order valence-electron chi connectivity index (χ1n) is 3.08. The summed E-state index contributed by atoms with van der Waals surface area (Å²) in [5.74, 6) is 0. The zero-order valence-corrected chi connectivity index (χ0v) is 5.46. The Hall–Kier alpha value is -1.05. The standard InChI is InChI=1S/C7H10N2/c1-2-3-4-7-5-8-6-9-7/h3-6H,2H2,1H3,(H,8,9)/b4-3+. The van der Waals surface area contributed by atoms with Crippen LogP contribution in [0.4, 0.5) is 0 Å². The molecule has 0 radical (unpaired) electrons. The minimum atomic E-state index is 1.07. The molecule has 9 heavy (non-hydrogen) atoms. The fourth-order valence-electron chi connectivity index (χ4n) is 0.603. The van der Waals surface area contributed by atoms with Crippen LogP contribution in [0.1, 0.15) is 19.0 Å². The lowest BCUT2D eigenvalue weighted by atomic mass is 10.3. The van der Waals surface area contributed by atoms with Crippen molar-refractivity contribution in [1.82, 2.24) is 9.97 Å². The predicted molar refractivity (Wildman–Crippen MR) is 37.9 cm³/mol. The molecule has 1 aromatic heterocycles. The molecule has 1 aromatic rings. The van der Waals surface area contributed by atoms with Crippen LogP contribution in [0.25, 0.3) is 6.08 Å². The molecule has 1 N–H and O–H groups in total. The van der Waals surface area contributed by atoms with Crippen LogP contribution in [-0.4, -0.2) is 9.97 Å². The molecule has 0 spiro atoms. The number of imidazole rings is 1. The summed E-state index contributed by atoms with van der Waals surface area (Å²) in [5.41, 5.74) is 1.07. The topological polar surface area (TPSA) is 28.7 Å². The van der Waals surface area contributed by atoms with Gasteiger partial charge in [0.25, 0.3) is 0 Å². The Morgan fingerprint density at radius 1 is 1.78 bits per heavy atom. The molecular formula is C7H10N2. The van der Waals surface area contributed by atoms with E-state index in [-0.39, 0.29) is 0 Å². The number of hydrogen-bond donors (Lipinski definition) is 1. The summed E-state index contributed by atoms with van der Waals surface area (Å²) in [6, 6.07) is 0. The quantitative estimate of drug-likeness (QED) is 0.637. The van der Waals surface area contributed by atoms with Crippen molar-refractivity contribution < 1.29 is 0 Å². The maximum atomic E-state index is 3.87. The molecule has 0 saturated carbocycles. The number of aromatic amines is 1. The van der Waals surface area contributed by atoms with Crippen molar-refractivity contribution in [3.05, 3.63) is 24.3 Å². The average molecular weight is 122 g/mol. The third-order valence-corrected chi connectivity index (χ3v) is 1.05. The summed E-state index contributed by atoms with van der Waals surface area (Å²) in [6.07, 6.45) is 8.65. The van der Waals surface area contributed by atoms with E-state index in [0.29, 0.717) is 0 Å². The number of hydrogen-bond acceptors (Lipinski definition) is 1. The lowest BCUT2D eigenvalue weighted by Gasteiger charge is -1.79. The van der Waals surface area contributed by atoms with Crippen LogP contribution in [0.15, 0.2) is 18.6 Å². The third-order valence-electron chi connectivity index (χ3n) is 1.05. The Bertz CT molecular complexity index is 175. The van der Waals surface area contributed by atoms with Gasteiger partial charge in [-0.25, -0.2) is 4.98 Å². The maximum absolute atomic E-state index is 3.87. The number of aromatic nitrogens is 2. The molecule has 0 aliphatic rings. The lowest BCUT2D eigenvalue weighted by molar-refractivity contribution is 1.23. The first kappa shape index (κ1) is 6.08. The van der Waals surface area contributed by atoms with Crippen LogP contribution in [0.5, 0.6) is 0 Å². The summed E-state index contributed by atoms with van der Waals surface area (Å²) >= 11 is 0. The van der Waals surface area contributed by atoms with E-state index < -0.39 is 0 Å². The second kappa shape index (κ2) is 3.07. The number of nitrogens with one attached hydrogen (secondary N) is 1. The van der Waals surface area contributed by atoms with Gasteiger partial charge in [0.15, 0.2) is 0 Å². The van der Waals surface area contributed by atoms with Gasteiger partial charge in [0.05, 0.1) is 18.2 Å². The van der Waals surface area contributed by atoms with Crippen molar-refractivity contribution in [3.63, 3.8) is 0 Å². The highest BCUT2D eigenvalue weighted by Crippen LogP contribution is 1.94. The van der Waals surface area contributed by atoms with Crippen molar-refractivity contribution in [2.45, 2.75) is 13.3 Å². The Morgan fingerprint density at radius 3 is 3.22 bits per heavy atom. The van der Waals surface area contributed by atoms with Gasteiger partial charge in [-0.15, -0.1) is 0 Å². The average Bonchev–Trinajstić information content (AvgIpc) is 2.34. The van der Waals surface area contributed by atoms with Gasteiger partial charge in [-0.3, -0.25) is 0 Å². The highest BCUT2D eigenvalue weighted by Gasteiger charge is 1.81. The summed E-state index contributed by atoms with van der Waals surface area (Å²) < 4.78 is 0. The summed E-state index contributed by atoms with van der Waals surface area (Å²) in [7, 11) is 0. The molecule has 0 aliphatic carbocycles. The second-order valence-corrected chi connectivity index (χ2v) is 1.82. The predicted octanol–water partition coefficient (Wildman–Crippen LogP) is 1.83. The van der Waals surface area contributed by atoms with Crippen LogP contribution in [-0.2, 0) is 0 Å². The van der Waals surface area contributed by atoms with Crippen molar-refractivity contribution >= 4 is 6.08 Å². The fraction of sp³-hybridized carbons (Fsp3) is 0.286. The summed E-state index contributed by atoms with van der Waals surface area (Å²) in [4.78, 5) is 6.84. The number of H-pyrrole nitrogens is 1. The molecule has 0 aromatic carbocycles. The zero-order valence-electron chi connectivity index (χ0n) is 5.46. The summed E-state index contributed by atoms with van der Waals surface area (Å²) in [5, 5.41) is 0. The van der Waals surface area contributed by atoms with Crippen LogP contribution in [0.3, 0.4) is 0 Å². The first-order chi connectivity index (χ1) is 4.43. The molecule has 48 valence electrons. The van der Waals surface area contributed by atoms with Crippen LogP contribution >= 0.6 is 0 Å². The second-order valence-electron chi connectivity index (χ2n) is 1.82. The fourth-order valence-corrected chi connectivity index (χ4v) is 0.603. The molecule has 0 amide bonds. The molecule has 2 heteroatoms. The number of rotatable bonds is 2. The van der Waals surface area contributed by atoms with Crippen molar-refractivity contribution in [1.29, 1.82) is 0 Å². The number of nitrogens with zero attached hydrogens (tertiary/aromatic N) is 1. The Balaban J connectivity index is 2.57. The van der Waals surface area contributed by atoms with Gasteiger partial charge in [-0.1, -0.05) is 13.0 Å². The molecule has 0 saturated heterocycles. The van der Waals surface area contributed by atoms with Crippen molar-refractivity contribution in [3.8, 4) is 0 Å². The van der Waals surface area contributed by atoms with Crippen LogP contribution in [0, 0.1) is 0 Å². The van der Waals surface area contributed by atoms with E-state index in [9.17, 15) is 0 Å². The van der Waals surface area contributed by atoms with Gasteiger partial charge in [-0.2, -0.15) is 0 Å². The largest absolute Gasteiger partial charge is 0.345 e. The van der Waals surface area contributed by atoms with E-state index in [0.717, 1.165) is 12.1 Å². The van der Waals surface area contributed by atoms with E-state index in [2.05, 4.69) is 23.0 Å². The zero-order chi connectivity index (χ0) is 6.53. The van der Waals surface area contributed by atoms with Crippen LogP contribution in [0.2, 0.25) is 0 Å². The molecule has 0 unspecified atom stereocenters. The number of allylic oxidation sites excluding steroid dienone is 1. The van der Waals surface area contributed by atoms with E-state index in [1.807, 2.05) is 6.08 Å². The van der Waals surface area contributed by atoms with Gasteiger partial charge in [0.1, 0.15) is 0 Å². The molecule has 1 rings (SSSR count). The summed E-state index contributed by atoms with van der Waals surface area (Å²) in [6.45, 7) is 2.10. The monoisotopic (exact) mass is 122 g/mol. The van der Waals surface area contributed by atoms with E-state index in [1.54, 1.807) is 12.5 Å². The Morgan fingerprint density at radius 2 is 2.67 bits per heavy atom. The first-order valence-corrected chi connectivity index (χ1v) is 3.08. The van der Waals surface area contributed by atoms with Gasteiger partial charge in [0, 0.05) is 0 Å². The third kappa shape index (κ3) is 1.72.